The molecule has 0 aromatic rings. The number of aliphatic hydroxyl groups excluding tert-OH is 9. The van der Waals surface area contributed by atoms with Crippen molar-refractivity contribution in [3.63, 3.8) is 0 Å². The minimum Gasteiger partial charge on any atom is -0.481 e. The smallest absolute Gasteiger partial charge is 0.306 e. The highest BCUT2D eigenvalue weighted by molar-refractivity contribution is 5.69. The number of hydrogen-bond donors (Lipinski definition) is 10. The molecule has 0 aromatic carbocycles. The van der Waals surface area contributed by atoms with Crippen molar-refractivity contribution in [3.05, 3.63) is 0 Å². The van der Waals surface area contributed by atoms with E-state index in [4.69, 9.17) is 46.0 Å². The number of rotatable bonds is 19. The van der Waals surface area contributed by atoms with Gasteiger partial charge < -0.3 is 51.1 Å². The highest BCUT2D eigenvalue weighted by atomic mass is 16.4. The predicted molar refractivity (Wildman–Crippen MR) is 138 cm³/mol. The van der Waals surface area contributed by atoms with Crippen LogP contribution in [0.5, 0.6) is 0 Å². The highest BCUT2D eigenvalue weighted by Crippen LogP contribution is 2.19. The van der Waals surface area contributed by atoms with Gasteiger partial charge in [0.1, 0.15) is 18.3 Å². The van der Waals surface area contributed by atoms with E-state index in [1.165, 1.54) is 51.4 Å². The Kier molecular flexibility index (Phi) is 42.5. The van der Waals surface area contributed by atoms with Gasteiger partial charge in [0, 0.05) is 0 Å². The summed E-state index contributed by atoms with van der Waals surface area (Å²) >= 11 is 0. The summed E-state index contributed by atoms with van der Waals surface area (Å²) in [6.45, 7) is 2.22. The first-order valence-electron chi connectivity index (χ1n) is 13.1. The topological polar surface area (TPSA) is 219 Å². The number of carboxylic acid groups (broad SMARTS) is 1. The van der Waals surface area contributed by atoms with Gasteiger partial charge in [-0.3, -0.25) is 4.79 Å². The van der Waals surface area contributed by atoms with E-state index in [0.717, 1.165) is 25.7 Å². The number of hydrogen-bond acceptors (Lipinski definition) is 10. The number of carboxylic acids is 1. The molecule has 1 atom stereocenters. The van der Waals surface area contributed by atoms with Crippen molar-refractivity contribution in [2.45, 2.75) is 109 Å². The molecule has 1 unspecified atom stereocenters. The normalized spacial score (nSPS) is 11.3. The number of unbranched alkanes of at least 4 members (excludes halogenated alkanes) is 8. The second-order valence-electron chi connectivity index (χ2n) is 8.50. The second-order valence-corrected chi connectivity index (χ2v) is 8.50. The molecule has 0 radical (unpaired) electrons. The van der Waals surface area contributed by atoms with Crippen LogP contribution in [0.2, 0.25) is 0 Å². The summed E-state index contributed by atoms with van der Waals surface area (Å²) in [4.78, 5) is 11.1. The first-order valence-corrected chi connectivity index (χ1v) is 13.1. The van der Waals surface area contributed by atoms with Gasteiger partial charge in [-0.2, -0.15) is 0 Å². The molecule has 0 saturated heterocycles. The summed E-state index contributed by atoms with van der Waals surface area (Å²) in [5.41, 5.74) is 0. The standard InChI is InChI=1S/C16H32O2.3C3H8O3/c1-3-5-7-9-10-12-14-15(16(17)18)13-11-8-6-4-2;3*4-1-3(6)2-5/h15H,3-14H2,1-2H3,(H,17,18);3*3-6H,1-2H2. The molecule has 0 spiro atoms. The summed E-state index contributed by atoms with van der Waals surface area (Å²) in [7, 11) is 0. The van der Waals surface area contributed by atoms with Crippen LogP contribution in [0.1, 0.15) is 90.9 Å². The van der Waals surface area contributed by atoms with Crippen LogP contribution in [0.4, 0.5) is 0 Å². The van der Waals surface area contributed by atoms with Gasteiger partial charge in [0.05, 0.1) is 45.6 Å². The van der Waals surface area contributed by atoms with Gasteiger partial charge in [0.25, 0.3) is 0 Å². The van der Waals surface area contributed by atoms with Gasteiger partial charge >= 0.3 is 5.97 Å². The average molecular weight is 533 g/mol. The Bertz CT molecular complexity index is 364. The van der Waals surface area contributed by atoms with E-state index in [1.807, 2.05) is 0 Å². The van der Waals surface area contributed by atoms with Gasteiger partial charge in [0.2, 0.25) is 0 Å². The largest absolute Gasteiger partial charge is 0.481 e. The first-order chi connectivity index (χ1) is 17.1. The summed E-state index contributed by atoms with van der Waals surface area (Å²) < 4.78 is 0. The molecule has 0 aliphatic heterocycles. The Morgan fingerprint density at radius 1 is 0.500 bits per heavy atom. The number of carbonyl (C=O) groups is 1. The van der Waals surface area contributed by atoms with Crippen LogP contribution < -0.4 is 0 Å². The molecule has 222 valence electrons. The van der Waals surface area contributed by atoms with Crippen LogP contribution in [-0.4, -0.2) is 115 Å². The molecular weight excluding hydrogens is 476 g/mol. The molecule has 0 aliphatic rings. The van der Waals surface area contributed by atoms with E-state index in [0.29, 0.717) is 0 Å². The maximum Gasteiger partial charge on any atom is 0.306 e. The third kappa shape index (κ3) is 40.3. The Morgan fingerprint density at radius 3 is 0.972 bits per heavy atom. The minimum atomic E-state index is -0.954. The Hall–Kier alpha value is -0.890. The molecule has 0 fully saturated rings. The Balaban J connectivity index is -0.000000231. The van der Waals surface area contributed by atoms with E-state index >= 15 is 0 Å². The zero-order chi connectivity index (χ0) is 28.6. The van der Waals surface area contributed by atoms with Crippen LogP contribution in [0.25, 0.3) is 0 Å². The predicted octanol–water partition coefficient (Wildman–Crippen LogP) is 0.404. The summed E-state index contributed by atoms with van der Waals surface area (Å²) in [5, 5.41) is 81.2. The molecule has 36 heavy (non-hydrogen) atoms. The fraction of sp³-hybridized carbons (Fsp3) is 0.960. The van der Waals surface area contributed by atoms with Crippen LogP contribution in [0.3, 0.4) is 0 Å². The molecule has 0 aromatic heterocycles. The van der Waals surface area contributed by atoms with Crippen LogP contribution in [0, 0.1) is 5.92 Å². The molecule has 11 nitrogen and oxygen atoms in total. The summed E-state index contributed by atoms with van der Waals surface area (Å²) in [6, 6.07) is 0. The van der Waals surface area contributed by atoms with Gasteiger partial charge in [0.15, 0.2) is 0 Å². The third-order valence-corrected chi connectivity index (χ3v) is 4.93. The average Bonchev–Trinajstić information content (AvgIpc) is 2.90. The van der Waals surface area contributed by atoms with Crippen molar-refractivity contribution in [3.8, 4) is 0 Å². The molecule has 11 heteroatoms. The maximum atomic E-state index is 11.1. The molecule has 0 saturated carbocycles. The lowest BCUT2D eigenvalue weighted by molar-refractivity contribution is -0.142. The van der Waals surface area contributed by atoms with Gasteiger partial charge in [-0.15, -0.1) is 0 Å². The van der Waals surface area contributed by atoms with E-state index in [1.54, 1.807) is 0 Å². The van der Waals surface area contributed by atoms with Gasteiger partial charge in [-0.05, 0) is 12.8 Å². The number of aliphatic hydroxyl groups is 9. The minimum absolute atomic E-state index is 0.0898. The molecule has 0 bridgehead atoms. The van der Waals surface area contributed by atoms with Crippen LogP contribution >= 0.6 is 0 Å². The van der Waals surface area contributed by atoms with Crippen molar-refractivity contribution >= 4 is 5.97 Å². The van der Waals surface area contributed by atoms with E-state index in [-0.39, 0.29) is 45.6 Å². The summed E-state index contributed by atoms with van der Waals surface area (Å²) in [6.07, 6.45) is 11.1. The van der Waals surface area contributed by atoms with Crippen molar-refractivity contribution < 1.29 is 55.9 Å². The molecule has 0 rings (SSSR count). The monoisotopic (exact) mass is 532 g/mol. The molecule has 10 N–H and O–H groups in total. The second kappa shape index (κ2) is 36.3. The fourth-order valence-electron chi connectivity index (χ4n) is 2.55. The van der Waals surface area contributed by atoms with Gasteiger partial charge in [-0.25, -0.2) is 0 Å². The Morgan fingerprint density at radius 2 is 0.750 bits per heavy atom. The zero-order valence-corrected chi connectivity index (χ0v) is 22.4. The van der Waals surface area contributed by atoms with Crippen molar-refractivity contribution in [1.29, 1.82) is 0 Å². The lowest BCUT2D eigenvalue weighted by atomic mass is 9.94. The number of aliphatic carboxylic acids is 1. The summed E-state index contributed by atoms with van der Waals surface area (Å²) in [5.74, 6) is -0.673. The van der Waals surface area contributed by atoms with Crippen molar-refractivity contribution in [2.24, 2.45) is 5.92 Å². The third-order valence-electron chi connectivity index (χ3n) is 4.93. The highest BCUT2D eigenvalue weighted by Gasteiger charge is 2.16. The van der Waals surface area contributed by atoms with Crippen LogP contribution in [-0.2, 0) is 4.79 Å². The van der Waals surface area contributed by atoms with Crippen LogP contribution in [0.15, 0.2) is 0 Å². The fourth-order valence-corrected chi connectivity index (χ4v) is 2.55. The SMILES string of the molecule is CCCCCCCCC(CCCCCC)C(=O)O.OCC(O)CO.OCC(O)CO.OCC(O)CO. The van der Waals surface area contributed by atoms with Crippen molar-refractivity contribution in [1.82, 2.24) is 0 Å². The quantitative estimate of drug-likeness (QED) is 0.103. The Labute approximate surface area is 217 Å². The lowest BCUT2D eigenvalue weighted by Crippen LogP contribution is -2.15. The molecule has 0 heterocycles. The lowest BCUT2D eigenvalue weighted by Gasteiger charge is -2.11. The zero-order valence-electron chi connectivity index (χ0n) is 22.4. The van der Waals surface area contributed by atoms with Crippen molar-refractivity contribution in [2.75, 3.05) is 39.6 Å². The molecule has 0 aliphatic carbocycles. The molecular formula is C25H56O11. The van der Waals surface area contributed by atoms with E-state index < -0.39 is 24.3 Å². The van der Waals surface area contributed by atoms with E-state index in [2.05, 4.69) is 13.8 Å². The maximum absolute atomic E-state index is 11.1. The van der Waals surface area contributed by atoms with Gasteiger partial charge in [-0.1, -0.05) is 78.1 Å². The van der Waals surface area contributed by atoms with E-state index in [9.17, 15) is 9.90 Å². The first kappa shape index (κ1) is 42.2. The molecule has 0 amide bonds.